The summed E-state index contributed by atoms with van der Waals surface area (Å²) in [6, 6.07) is 18.1. The number of likely N-dealkylation sites (N-methyl/N-ethyl adjacent to an activating group) is 1. The van der Waals surface area contributed by atoms with Gasteiger partial charge in [0, 0.05) is 17.5 Å². The van der Waals surface area contributed by atoms with Crippen LogP contribution in [-0.4, -0.2) is 31.4 Å². The summed E-state index contributed by atoms with van der Waals surface area (Å²) < 4.78 is 0. The van der Waals surface area contributed by atoms with E-state index in [1.807, 2.05) is 63.5 Å². The Bertz CT molecular complexity index is 640. The van der Waals surface area contributed by atoms with E-state index in [-0.39, 0.29) is 17.9 Å². The topological polar surface area (TPSA) is 32.3 Å². The van der Waals surface area contributed by atoms with E-state index in [9.17, 15) is 4.79 Å². The number of carbonyl (C=O) groups excluding carboxylic acids is 1. The molecule has 0 radical (unpaired) electrons. The van der Waals surface area contributed by atoms with Gasteiger partial charge in [0.1, 0.15) is 0 Å². The Balaban J connectivity index is 1.91. The zero-order valence-electron chi connectivity index (χ0n) is 14.5. The molecule has 0 saturated carbocycles. The second kappa shape index (κ2) is 8.86. The van der Waals surface area contributed by atoms with Gasteiger partial charge in [-0.1, -0.05) is 61.0 Å². The Kier molecular flexibility index (Phi) is 6.83. The van der Waals surface area contributed by atoms with Crippen LogP contribution in [0.25, 0.3) is 0 Å². The van der Waals surface area contributed by atoms with Gasteiger partial charge >= 0.3 is 0 Å². The molecule has 1 N–H and O–H groups in total. The number of carbonyl (C=O) groups is 1. The van der Waals surface area contributed by atoms with Crippen molar-refractivity contribution in [1.29, 1.82) is 0 Å². The maximum absolute atomic E-state index is 12.4. The molecule has 0 aliphatic carbocycles. The Labute approximate surface area is 149 Å². The predicted octanol–water partition coefficient (Wildman–Crippen LogP) is 3.94. The van der Waals surface area contributed by atoms with Crippen LogP contribution in [0.3, 0.4) is 0 Å². The van der Waals surface area contributed by atoms with Crippen molar-refractivity contribution in [3.63, 3.8) is 0 Å². The van der Waals surface area contributed by atoms with E-state index in [0.717, 1.165) is 5.56 Å². The summed E-state index contributed by atoms with van der Waals surface area (Å²) in [6.45, 7) is 2.55. The lowest BCUT2D eigenvalue weighted by Crippen LogP contribution is -2.37. The zero-order valence-corrected chi connectivity index (χ0v) is 15.3. The first-order valence-corrected chi connectivity index (χ1v) is 8.58. The van der Waals surface area contributed by atoms with Gasteiger partial charge in [0.2, 0.25) is 5.91 Å². The fraction of sp³-hybridized carbons (Fsp3) is 0.350. The van der Waals surface area contributed by atoms with Crippen molar-refractivity contribution < 1.29 is 4.79 Å². The monoisotopic (exact) mass is 344 g/mol. The van der Waals surface area contributed by atoms with Gasteiger partial charge < -0.3 is 10.2 Å². The number of nitrogens with zero attached hydrogens (tertiary/aromatic N) is 1. The molecule has 0 aliphatic heterocycles. The third-order valence-corrected chi connectivity index (χ3v) is 4.43. The molecule has 2 atom stereocenters. The molecule has 0 saturated heterocycles. The molecule has 2 rings (SSSR count). The number of amides is 1. The molecule has 4 heteroatoms. The predicted molar refractivity (Wildman–Crippen MR) is 100 cm³/mol. The first-order chi connectivity index (χ1) is 11.5. The maximum Gasteiger partial charge on any atom is 0.223 e. The summed E-state index contributed by atoms with van der Waals surface area (Å²) >= 11 is 5.90. The largest absolute Gasteiger partial charge is 0.354 e. The van der Waals surface area contributed by atoms with E-state index >= 15 is 0 Å². The highest BCUT2D eigenvalue weighted by Gasteiger charge is 2.18. The van der Waals surface area contributed by atoms with Crippen LogP contribution in [0, 0.1) is 5.92 Å². The summed E-state index contributed by atoms with van der Waals surface area (Å²) in [7, 11) is 4.06. The van der Waals surface area contributed by atoms with Crippen LogP contribution in [0.4, 0.5) is 0 Å². The Morgan fingerprint density at radius 1 is 1.08 bits per heavy atom. The molecule has 0 heterocycles. The van der Waals surface area contributed by atoms with Crippen LogP contribution in [0.5, 0.6) is 0 Å². The summed E-state index contributed by atoms with van der Waals surface area (Å²) in [4.78, 5) is 14.5. The Morgan fingerprint density at radius 2 is 1.71 bits per heavy atom. The lowest BCUT2D eigenvalue weighted by atomic mass is 10.00. The molecule has 0 spiro atoms. The van der Waals surface area contributed by atoms with Crippen LogP contribution < -0.4 is 5.32 Å². The molecule has 2 aromatic carbocycles. The second-order valence-electron chi connectivity index (χ2n) is 6.37. The maximum atomic E-state index is 12.4. The van der Waals surface area contributed by atoms with E-state index in [1.165, 1.54) is 5.56 Å². The van der Waals surface area contributed by atoms with Gasteiger partial charge in [-0.2, -0.15) is 0 Å². The molecule has 0 aromatic heterocycles. The van der Waals surface area contributed by atoms with Crippen LogP contribution in [0.1, 0.15) is 24.1 Å². The van der Waals surface area contributed by atoms with Gasteiger partial charge in [-0.05, 0) is 43.8 Å². The molecule has 2 aromatic rings. The number of rotatable bonds is 7. The van der Waals surface area contributed by atoms with Crippen molar-refractivity contribution in [2.45, 2.75) is 19.4 Å². The van der Waals surface area contributed by atoms with Gasteiger partial charge in [0.15, 0.2) is 0 Å². The van der Waals surface area contributed by atoms with Gasteiger partial charge in [0.25, 0.3) is 0 Å². The molecule has 128 valence electrons. The lowest BCUT2D eigenvalue weighted by molar-refractivity contribution is -0.124. The minimum atomic E-state index is -0.0789. The molecular weight excluding hydrogens is 320 g/mol. The van der Waals surface area contributed by atoms with Crippen LogP contribution in [0.2, 0.25) is 5.02 Å². The number of nitrogens with one attached hydrogen (secondary N) is 1. The highest BCUT2D eigenvalue weighted by molar-refractivity contribution is 6.30. The molecule has 0 aliphatic rings. The van der Waals surface area contributed by atoms with Crippen LogP contribution in [0.15, 0.2) is 54.6 Å². The van der Waals surface area contributed by atoms with Crippen molar-refractivity contribution >= 4 is 17.5 Å². The van der Waals surface area contributed by atoms with Gasteiger partial charge in [0.05, 0.1) is 6.04 Å². The standard InChI is InChI=1S/C20H25ClN2O/c1-15(13-16-9-11-18(21)12-10-16)20(24)22-14-19(23(2)3)17-7-5-4-6-8-17/h4-12,15,19H,13-14H2,1-3H3,(H,22,24). The van der Waals surface area contributed by atoms with Crippen molar-refractivity contribution in [3.8, 4) is 0 Å². The molecule has 0 fully saturated rings. The molecule has 1 amide bonds. The third kappa shape index (κ3) is 5.36. The smallest absolute Gasteiger partial charge is 0.223 e. The van der Waals surface area contributed by atoms with Gasteiger partial charge in [-0.3, -0.25) is 4.79 Å². The average molecular weight is 345 g/mol. The normalized spacial score (nSPS) is 13.5. The van der Waals surface area contributed by atoms with Crippen molar-refractivity contribution in [3.05, 3.63) is 70.7 Å². The van der Waals surface area contributed by atoms with Crippen molar-refractivity contribution in [1.82, 2.24) is 10.2 Å². The fourth-order valence-corrected chi connectivity index (χ4v) is 2.84. The summed E-state index contributed by atoms with van der Waals surface area (Å²) in [6.07, 6.45) is 0.709. The summed E-state index contributed by atoms with van der Waals surface area (Å²) in [5, 5.41) is 3.80. The van der Waals surface area contributed by atoms with E-state index in [1.54, 1.807) is 0 Å². The highest BCUT2D eigenvalue weighted by atomic mass is 35.5. The summed E-state index contributed by atoms with van der Waals surface area (Å²) in [5.74, 6) is -0.00232. The zero-order chi connectivity index (χ0) is 17.5. The van der Waals surface area contributed by atoms with E-state index < -0.39 is 0 Å². The molecule has 24 heavy (non-hydrogen) atoms. The fourth-order valence-electron chi connectivity index (χ4n) is 2.71. The highest BCUT2D eigenvalue weighted by Crippen LogP contribution is 2.17. The minimum absolute atomic E-state index is 0.0766. The first kappa shape index (κ1) is 18.5. The van der Waals surface area contributed by atoms with E-state index in [4.69, 9.17) is 11.6 Å². The second-order valence-corrected chi connectivity index (χ2v) is 6.80. The number of hydrogen-bond donors (Lipinski definition) is 1. The van der Waals surface area contributed by atoms with E-state index in [0.29, 0.717) is 18.0 Å². The molecular formula is C20H25ClN2O. The Hall–Kier alpha value is -1.84. The third-order valence-electron chi connectivity index (χ3n) is 4.18. The van der Waals surface area contributed by atoms with Crippen molar-refractivity contribution in [2.24, 2.45) is 5.92 Å². The van der Waals surface area contributed by atoms with Crippen LogP contribution >= 0.6 is 11.6 Å². The minimum Gasteiger partial charge on any atom is -0.354 e. The first-order valence-electron chi connectivity index (χ1n) is 8.21. The van der Waals surface area contributed by atoms with Gasteiger partial charge in [-0.15, -0.1) is 0 Å². The number of halogens is 1. The Morgan fingerprint density at radius 3 is 2.29 bits per heavy atom. The van der Waals surface area contributed by atoms with Crippen LogP contribution in [-0.2, 0) is 11.2 Å². The molecule has 3 nitrogen and oxygen atoms in total. The SMILES string of the molecule is CC(Cc1ccc(Cl)cc1)C(=O)NCC(c1ccccc1)N(C)C. The van der Waals surface area contributed by atoms with Crippen molar-refractivity contribution in [2.75, 3.05) is 20.6 Å². The number of hydrogen-bond acceptors (Lipinski definition) is 2. The number of benzene rings is 2. The van der Waals surface area contributed by atoms with E-state index in [2.05, 4.69) is 22.3 Å². The molecule has 0 bridgehead atoms. The quantitative estimate of drug-likeness (QED) is 0.825. The molecule has 2 unspecified atom stereocenters. The lowest BCUT2D eigenvalue weighted by Gasteiger charge is -2.25. The average Bonchev–Trinajstić information content (AvgIpc) is 2.57. The van der Waals surface area contributed by atoms with Gasteiger partial charge in [-0.25, -0.2) is 0 Å². The summed E-state index contributed by atoms with van der Waals surface area (Å²) in [5.41, 5.74) is 2.32.